The average Bonchev–Trinajstić information content (AvgIpc) is 2.47. The summed E-state index contributed by atoms with van der Waals surface area (Å²) in [5.74, 6) is 0. The van der Waals surface area contributed by atoms with E-state index in [0.717, 1.165) is 0 Å². The Hall–Kier alpha value is -1.86. The van der Waals surface area contributed by atoms with Gasteiger partial charge in [-0.3, -0.25) is 0 Å². The zero-order chi connectivity index (χ0) is 12.8. The molecule has 0 saturated heterocycles. The van der Waals surface area contributed by atoms with Crippen LogP contribution in [-0.2, 0) is 0 Å². The molecule has 0 nitrogen and oxygen atoms in total. The van der Waals surface area contributed by atoms with Crippen molar-refractivity contribution in [3.63, 3.8) is 0 Å². The van der Waals surface area contributed by atoms with Gasteiger partial charge in [0.2, 0.25) is 0 Å². The fourth-order valence-electron chi connectivity index (χ4n) is 2.78. The van der Waals surface area contributed by atoms with Gasteiger partial charge in [0.25, 0.3) is 0 Å². The first-order valence-corrected chi connectivity index (χ1v) is 7.12. The van der Waals surface area contributed by atoms with Crippen molar-refractivity contribution in [3.8, 4) is 0 Å². The van der Waals surface area contributed by atoms with Gasteiger partial charge in [0.15, 0.2) is 0 Å². The summed E-state index contributed by atoms with van der Waals surface area (Å²) in [7, 11) is 0. The average molecular weight is 307 g/mol. The van der Waals surface area contributed by atoms with Gasteiger partial charge in [-0.25, -0.2) is 0 Å². The number of benzene rings is 4. The van der Waals surface area contributed by atoms with Crippen molar-refractivity contribution in [1.29, 1.82) is 0 Å². The van der Waals surface area contributed by atoms with Crippen LogP contribution in [0.1, 0.15) is 0 Å². The molecule has 4 aromatic rings. The minimum Gasteiger partial charge on any atom is -0.0616 e. The summed E-state index contributed by atoms with van der Waals surface area (Å²) in [6.07, 6.45) is 0. The van der Waals surface area contributed by atoms with Crippen LogP contribution in [0.3, 0.4) is 0 Å². The van der Waals surface area contributed by atoms with Gasteiger partial charge in [0.1, 0.15) is 0 Å². The Labute approximate surface area is 119 Å². The summed E-state index contributed by atoms with van der Waals surface area (Å²) in [6.45, 7) is 0. The lowest BCUT2D eigenvalue weighted by Gasteiger charge is -2.09. The van der Waals surface area contributed by atoms with E-state index in [2.05, 4.69) is 82.7 Å². The molecule has 0 aliphatic heterocycles. The molecule has 0 atom stereocenters. The van der Waals surface area contributed by atoms with Crippen LogP contribution in [0.25, 0.3) is 32.3 Å². The molecule has 0 spiro atoms. The van der Waals surface area contributed by atoms with Crippen molar-refractivity contribution in [2.24, 2.45) is 0 Å². The van der Waals surface area contributed by atoms with Gasteiger partial charge in [0, 0.05) is 9.86 Å². The molecule has 0 aliphatic carbocycles. The van der Waals surface area contributed by atoms with E-state index in [-0.39, 0.29) is 0 Å². The lowest BCUT2D eigenvalue weighted by molar-refractivity contribution is 1.75. The monoisotopic (exact) mass is 306 g/mol. The first-order chi connectivity index (χ1) is 9.34. The molecule has 1 heteroatoms. The summed E-state index contributed by atoms with van der Waals surface area (Å²) < 4.78 is 1.19. The number of rotatable bonds is 0. The van der Waals surface area contributed by atoms with E-state index in [4.69, 9.17) is 0 Å². The highest BCUT2D eigenvalue weighted by Crippen LogP contribution is 2.36. The maximum atomic E-state index is 3.80. The molecule has 0 amide bonds. The second-order valence-corrected chi connectivity index (χ2v) is 5.59. The summed E-state index contributed by atoms with van der Waals surface area (Å²) in [4.78, 5) is 0. The Kier molecular flexibility index (Phi) is 2.36. The fraction of sp³-hybridized carbons (Fsp3) is 0. The molecule has 0 aliphatic rings. The van der Waals surface area contributed by atoms with E-state index >= 15 is 0 Å². The second-order valence-electron chi connectivity index (χ2n) is 4.80. The normalized spacial score (nSPS) is 11.4. The molecule has 0 bridgehead atoms. The van der Waals surface area contributed by atoms with Crippen LogP contribution in [0.5, 0.6) is 0 Å². The SMILES string of the molecule is Brc1c2ccccc2cc2ccc3ccccc3c12. The Balaban J connectivity index is 2.33. The van der Waals surface area contributed by atoms with E-state index in [1.807, 2.05) is 0 Å². The van der Waals surface area contributed by atoms with Gasteiger partial charge in [0.05, 0.1) is 0 Å². The van der Waals surface area contributed by atoms with E-state index in [9.17, 15) is 0 Å². The topological polar surface area (TPSA) is 0 Å². The Morgan fingerprint density at radius 1 is 0.579 bits per heavy atom. The van der Waals surface area contributed by atoms with Crippen molar-refractivity contribution in [2.75, 3.05) is 0 Å². The van der Waals surface area contributed by atoms with E-state index in [1.165, 1.54) is 36.8 Å². The van der Waals surface area contributed by atoms with E-state index in [1.54, 1.807) is 0 Å². The van der Waals surface area contributed by atoms with Crippen molar-refractivity contribution in [3.05, 3.63) is 71.2 Å². The molecule has 4 aromatic carbocycles. The molecular formula is C18H11Br. The molecule has 0 unspecified atom stereocenters. The molecule has 0 heterocycles. The van der Waals surface area contributed by atoms with Crippen molar-refractivity contribution in [1.82, 2.24) is 0 Å². The molecule has 0 aromatic heterocycles. The van der Waals surface area contributed by atoms with Crippen LogP contribution in [0.2, 0.25) is 0 Å². The predicted molar refractivity (Wildman–Crippen MR) is 86.7 cm³/mol. The van der Waals surface area contributed by atoms with Gasteiger partial charge in [-0.05, 0) is 48.9 Å². The highest BCUT2D eigenvalue weighted by atomic mass is 79.9. The van der Waals surface area contributed by atoms with Crippen LogP contribution in [0.15, 0.2) is 71.2 Å². The van der Waals surface area contributed by atoms with Crippen LogP contribution in [-0.4, -0.2) is 0 Å². The van der Waals surface area contributed by atoms with Gasteiger partial charge < -0.3 is 0 Å². The fourth-order valence-corrected chi connectivity index (χ4v) is 3.58. The van der Waals surface area contributed by atoms with Crippen LogP contribution in [0, 0.1) is 0 Å². The number of hydrogen-bond acceptors (Lipinski definition) is 0. The van der Waals surface area contributed by atoms with Crippen molar-refractivity contribution >= 4 is 48.2 Å². The maximum Gasteiger partial charge on any atom is 0.0338 e. The van der Waals surface area contributed by atoms with Crippen LogP contribution in [0.4, 0.5) is 0 Å². The highest BCUT2D eigenvalue weighted by molar-refractivity contribution is 9.10. The van der Waals surface area contributed by atoms with Gasteiger partial charge in [-0.1, -0.05) is 60.7 Å². The summed E-state index contributed by atoms with van der Waals surface area (Å²) >= 11 is 3.80. The third-order valence-corrected chi connectivity index (χ3v) is 4.51. The molecule has 0 radical (unpaired) electrons. The smallest absolute Gasteiger partial charge is 0.0338 e. The minimum absolute atomic E-state index is 1.19. The lowest BCUT2D eigenvalue weighted by atomic mass is 9.98. The summed E-state index contributed by atoms with van der Waals surface area (Å²) in [5, 5.41) is 7.72. The Morgan fingerprint density at radius 3 is 2.05 bits per heavy atom. The third-order valence-electron chi connectivity index (χ3n) is 3.69. The molecule has 0 fully saturated rings. The molecule has 0 N–H and O–H groups in total. The quantitative estimate of drug-likeness (QED) is 0.280. The third kappa shape index (κ3) is 1.58. The zero-order valence-electron chi connectivity index (χ0n) is 10.2. The van der Waals surface area contributed by atoms with Crippen molar-refractivity contribution < 1.29 is 0 Å². The first kappa shape index (κ1) is 11.0. The van der Waals surface area contributed by atoms with E-state index < -0.39 is 0 Å². The summed E-state index contributed by atoms with van der Waals surface area (Å²) in [6, 6.07) is 23.7. The predicted octanol–water partition coefficient (Wildman–Crippen LogP) is 5.91. The second kappa shape index (κ2) is 4.07. The Morgan fingerprint density at radius 2 is 1.21 bits per heavy atom. The van der Waals surface area contributed by atoms with E-state index in [0.29, 0.717) is 0 Å². The number of halogens is 1. The standard InChI is InChI=1S/C18H11Br/c19-18-16-8-4-2-6-13(16)11-14-10-9-12-5-1-3-7-15(12)17(14)18/h1-11H. The van der Waals surface area contributed by atoms with Crippen LogP contribution >= 0.6 is 15.9 Å². The largest absolute Gasteiger partial charge is 0.0616 e. The molecular weight excluding hydrogens is 296 g/mol. The Bertz CT molecular complexity index is 922. The maximum absolute atomic E-state index is 3.80. The molecule has 4 rings (SSSR count). The highest BCUT2D eigenvalue weighted by Gasteiger charge is 2.07. The minimum atomic E-state index is 1.19. The number of hydrogen-bond donors (Lipinski definition) is 0. The summed E-state index contributed by atoms with van der Waals surface area (Å²) in [5.41, 5.74) is 0. The molecule has 19 heavy (non-hydrogen) atoms. The molecule has 90 valence electrons. The number of fused-ring (bicyclic) bond motifs is 4. The van der Waals surface area contributed by atoms with Gasteiger partial charge >= 0.3 is 0 Å². The van der Waals surface area contributed by atoms with Gasteiger partial charge in [-0.2, -0.15) is 0 Å². The first-order valence-electron chi connectivity index (χ1n) is 6.33. The van der Waals surface area contributed by atoms with Crippen LogP contribution < -0.4 is 0 Å². The molecule has 0 saturated carbocycles. The van der Waals surface area contributed by atoms with Gasteiger partial charge in [-0.15, -0.1) is 0 Å². The van der Waals surface area contributed by atoms with Crippen molar-refractivity contribution in [2.45, 2.75) is 0 Å². The lowest BCUT2D eigenvalue weighted by Crippen LogP contribution is -1.82. The zero-order valence-corrected chi connectivity index (χ0v) is 11.8.